The molecule has 0 aliphatic rings. The van der Waals surface area contributed by atoms with E-state index in [2.05, 4.69) is 40.4 Å². The van der Waals surface area contributed by atoms with Crippen LogP contribution in [0, 0.1) is 0 Å². The summed E-state index contributed by atoms with van der Waals surface area (Å²) in [6.45, 7) is 14.5. The summed E-state index contributed by atoms with van der Waals surface area (Å²) in [5.74, 6) is 0.774. The lowest BCUT2D eigenvalue weighted by Gasteiger charge is -2.36. The molecule has 1 rings (SSSR count). The summed E-state index contributed by atoms with van der Waals surface area (Å²) < 4.78 is 6.14. The first-order valence-electron chi connectivity index (χ1n) is 6.13. The summed E-state index contributed by atoms with van der Waals surface area (Å²) in [7, 11) is -1.80. The standard InChI is InChI=1S/C15H22O2Si/c1-7-14(16)12-8-10-13(11-9-12)17-18(5,6)15(2,3)4/h7-11H,1H2,2-6H3. The normalized spacial score (nSPS) is 12.1. The molecule has 0 atom stereocenters. The molecule has 0 aromatic heterocycles. The van der Waals surface area contributed by atoms with Crippen molar-refractivity contribution < 1.29 is 9.22 Å². The van der Waals surface area contributed by atoms with Crippen molar-refractivity contribution in [3.63, 3.8) is 0 Å². The molecule has 0 aliphatic carbocycles. The minimum atomic E-state index is -1.80. The van der Waals surface area contributed by atoms with Gasteiger partial charge in [-0.1, -0.05) is 27.4 Å². The Hall–Kier alpha value is -1.35. The van der Waals surface area contributed by atoms with Gasteiger partial charge in [-0.3, -0.25) is 4.79 Å². The van der Waals surface area contributed by atoms with Crippen LogP contribution in [0.3, 0.4) is 0 Å². The Labute approximate surface area is 111 Å². The molecule has 0 unspecified atom stereocenters. The van der Waals surface area contributed by atoms with Crippen molar-refractivity contribution in [2.24, 2.45) is 0 Å². The van der Waals surface area contributed by atoms with Gasteiger partial charge >= 0.3 is 0 Å². The second kappa shape index (κ2) is 5.10. The van der Waals surface area contributed by atoms with Crippen LogP contribution in [-0.4, -0.2) is 14.1 Å². The van der Waals surface area contributed by atoms with E-state index in [0.29, 0.717) is 5.56 Å². The van der Waals surface area contributed by atoms with Crippen molar-refractivity contribution in [3.05, 3.63) is 42.5 Å². The highest BCUT2D eigenvalue weighted by molar-refractivity contribution is 6.74. The molecule has 18 heavy (non-hydrogen) atoms. The van der Waals surface area contributed by atoms with Crippen molar-refractivity contribution in [1.29, 1.82) is 0 Å². The van der Waals surface area contributed by atoms with E-state index in [1.807, 2.05) is 12.1 Å². The number of hydrogen-bond donors (Lipinski definition) is 0. The minimum Gasteiger partial charge on any atom is -0.544 e. The molecule has 0 fully saturated rings. The minimum absolute atomic E-state index is 0.0612. The Kier molecular flexibility index (Phi) is 4.17. The lowest BCUT2D eigenvalue weighted by atomic mass is 10.1. The molecule has 2 nitrogen and oxygen atoms in total. The summed E-state index contributed by atoms with van der Waals surface area (Å²) in [5.41, 5.74) is 0.646. The Morgan fingerprint density at radius 1 is 1.22 bits per heavy atom. The molecule has 0 spiro atoms. The number of benzene rings is 1. The van der Waals surface area contributed by atoms with E-state index < -0.39 is 8.32 Å². The van der Waals surface area contributed by atoms with E-state index in [1.54, 1.807) is 12.1 Å². The number of carbonyl (C=O) groups is 1. The van der Waals surface area contributed by atoms with Crippen molar-refractivity contribution in [1.82, 2.24) is 0 Å². The van der Waals surface area contributed by atoms with E-state index in [1.165, 1.54) is 6.08 Å². The van der Waals surface area contributed by atoms with Crippen LogP contribution in [0.1, 0.15) is 31.1 Å². The molecule has 0 aliphatic heterocycles. The average molecular weight is 262 g/mol. The molecule has 0 saturated carbocycles. The van der Waals surface area contributed by atoms with Gasteiger partial charge in [0, 0.05) is 5.56 Å². The predicted molar refractivity (Wildman–Crippen MR) is 78.8 cm³/mol. The fourth-order valence-electron chi connectivity index (χ4n) is 1.25. The average Bonchev–Trinajstić information content (AvgIpc) is 2.27. The van der Waals surface area contributed by atoms with Crippen LogP contribution in [0.15, 0.2) is 36.9 Å². The maximum absolute atomic E-state index is 11.4. The zero-order valence-electron chi connectivity index (χ0n) is 11.9. The lowest BCUT2D eigenvalue weighted by molar-refractivity contribution is 0.104. The fourth-order valence-corrected chi connectivity index (χ4v) is 2.28. The highest BCUT2D eigenvalue weighted by Gasteiger charge is 2.38. The van der Waals surface area contributed by atoms with Crippen molar-refractivity contribution in [2.45, 2.75) is 38.9 Å². The molecule has 1 aromatic carbocycles. The second-order valence-corrected chi connectivity index (χ2v) is 10.7. The number of allylic oxidation sites excluding steroid dienone is 1. The zero-order chi connectivity index (χ0) is 14.0. The zero-order valence-corrected chi connectivity index (χ0v) is 12.9. The van der Waals surface area contributed by atoms with Crippen LogP contribution in [-0.2, 0) is 0 Å². The maximum atomic E-state index is 11.4. The van der Waals surface area contributed by atoms with Crippen LogP contribution in [0.5, 0.6) is 5.75 Å². The Morgan fingerprint density at radius 2 is 1.72 bits per heavy atom. The Balaban J connectivity index is 2.88. The van der Waals surface area contributed by atoms with Crippen LogP contribution >= 0.6 is 0 Å². The molecule has 98 valence electrons. The highest BCUT2D eigenvalue weighted by Crippen LogP contribution is 2.37. The summed E-state index contributed by atoms with van der Waals surface area (Å²) in [4.78, 5) is 11.4. The van der Waals surface area contributed by atoms with Gasteiger partial charge in [0.05, 0.1) is 0 Å². The number of ketones is 1. The van der Waals surface area contributed by atoms with Crippen molar-refractivity contribution in [3.8, 4) is 5.75 Å². The van der Waals surface area contributed by atoms with E-state index in [4.69, 9.17) is 4.43 Å². The van der Waals surface area contributed by atoms with Gasteiger partial charge in [-0.15, -0.1) is 0 Å². The highest BCUT2D eigenvalue weighted by atomic mass is 28.4. The van der Waals surface area contributed by atoms with Gasteiger partial charge in [0.15, 0.2) is 5.78 Å². The third-order valence-corrected chi connectivity index (χ3v) is 7.86. The smallest absolute Gasteiger partial charge is 0.250 e. The van der Waals surface area contributed by atoms with Crippen molar-refractivity contribution in [2.75, 3.05) is 0 Å². The molecule has 0 radical (unpaired) electrons. The molecule has 0 N–H and O–H groups in total. The summed E-state index contributed by atoms with van der Waals surface area (Å²) in [5, 5.41) is 0.169. The largest absolute Gasteiger partial charge is 0.544 e. The second-order valence-electron chi connectivity index (χ2n) is 5.96. The summed E-state index contributed by atoms with van der Waals surface area (Å²) >= 11 is 0. The number of hydrogen-bond acceptors (Lipinski definition) is 2. The molecule has 3 heteroatoms. The lowest BCUT2D eigenvalue weighted by Crippen LogP contribution is -2.43. The molecular weight excluding hydrogens is 240 g/mol. The summed E-state index contributed by atoms with van der Waals surface area (Å²) in [6, 6.07) is 7.29. The van der Waals surface area contributed by atoms with Crippen LogP contribution in [0.25, 0.3) is 0 Å². The molecule has 0 amide bonds. The molecule has 0 saturated heterocycles. The van der Waals surface area contributed by atoms with Gasteiger partial charge in [0.25, 0.3) is 0 Å². The topological polar surface area (TPSA) is 26.3 Å². The molecule has 0 heterocycles. The van der Waals surface area contributed by atoms with Crippen LogP contribution < -0.4 is 4.43 Å². The first-order valence-corrected chi connectivity index (χ1v) is 9.04. The van der Waals surface area contributed by atoms with Gasteiger partial charge in [-0.05, 0) is 48.5 Å². The molecule has 1 aromatic rings. The van der Waals surface area contributed by atoms with E-state index in [0.717, 1.165) is 5.75 Å². The van der Waals surface area contributed by atoms with Gasteiger partial charge in [-0.2, -0.15) is 0 Å². The van der Waals surface area contributed by atoms with E-state index in [9.17, 15) is 4.79 Å². The SMILES string of the molecule is C=CC(=O)c1ccc(O[Si](C)(C)C(C)(C)C)cc1. The van der Waals surface area contributed by atoms with Crippen LogP contribution in [0.2, 0.25) is 18.1 Å². The molecule has 0 bridgehead atoms. The quantitative estimate of drug-likeness (QED) is 0.455. The number of rotatable bonds is 4. The Bertz CT molecular complexity index is 439. The first-order chi connectivity index (χ1) is 8.17. The fraction of sp³-hybridized carbons (Fsp3) is 0.400. The first kappa shape index (κ1) is 14.7. The van der Waals surface area contributed by atoms with Gasteiger partial charge in [0.2, 0.25) is 8.32 Å². The monoisotopic (exact) mass is 262 g/mol. The van der Waals surface area contributed by atoms with E-state index >= 15 is 0 Å². The third-order valence-electron chi connectivity index (χ3n) is 3.50. The summed E-state index contributed by atoms with van der Waals surface area (Å²) in [6.07, 6.45) is 1.32. The third kappa shape index (κ3) is 3.32. The predicted octanol–water partition coefficient (Wildman–Crippen LogP) is 4.44. The maximum Gasteiger partial charge on any atom is 0.250 e. The Morgan fingerprint density at radius 3 is 2.11 bits per heavy atom. The van der Waals surface area contributed by atoms with Gasteiger partial charge in [0.1, 0.15) is 5.75 Å². The molecular formula is C15H22O2Si. The van der Waals surface area contributed by atoms with Crippen LogP contribution in [0.4, 0.5) is 0 Å². The van der Waals surface area contributed by atoms with E-state index in [-0.39, 0.29) is 10.8 Å². The van der Waals surface area contributed by atoms with Gasteiger partial charge in [-0.25, -0.2) is 0 Å². The van der Waals surface area contributed by atoms with Crippen molar-refractivity contribution >= 4 is 14.1 Å². The number of carbonyl (C=O) groups excluding carboxylic acids is 1. The van der Waals surface area contributed by atoms with Gasteiger partial charge < -0.3 is 4.43 Å².